The summed E-state index contributed by atoms with van der Waals surface area (Å²) < 4.78 is 0. The van der Waals surface area contributed by atoms with Crippen LogP contribution in [0.25, 0.3) is 10.9 Å². The van der Waals surface area contributed by atoms with Crippen molar-refractivity contribution in [2.24, 2.45) is 5.10 Å². The van der Waals surface area contributed by atoms with Crippen molar-refractivity contribution in [3.63, 3.8) is 0 Å². The van der Waals surface area contributed by atoms with E-state index in [0.717, 1.165) is 11.6 Å². The van der Waals surface area contributed by atoms with Crippen molar-refractivity contribution in [1.82, 2.24) is 4.98 Å². The Kier molecular flexibility index (Phi) is 6.44. The molecule has 0 saturated heterocycles. The molecular formula is C15H18ClN3O5. The molecule has 0 fully saturated rings. The Labute approximate surface area is 142 Å². The maximum atomic E-state index is 9.69. The minimum absolute atomic E-state index is 0.402. The molecule has 0 aliphatic heterocycles. The third kappa shape index (κ3) is 4.60. The lowest BCUT2D eigenvalue weighted by molar-refractivity contribution is -0.0999. The average Bonchev–Trinajstić information content (AvgIpc) is 2.59. The normalized spacial score (nSPS) is 16.9. The molecule has 0 amide bonds. The standard InChI is InChI=1S/C15H18ClN3O5/c16-9-2-3-10-8(5-9)1-4-13(18-10)19-17-6-11(21)14(23)15(24)12(22)7-20/h1-6,11-12,14-15,20-24H,7H2,(H,18,19)/b17-6+/t11-,12-,14-,15-/m1/s1. The zero-order chi connectivity index (χ0) is 17.7. The van der Waals surface area contributed by atoms with Gasteiger partial charge in [-0.2, -0.15) is 5.10 Å². The summed E-state index contributed by atoms with van der Waals surface area (Å²) in [6.07, 6.45) is -5.58. The molecule has 0 bridgehead atoms. The molecule has 1 heterocycles. The SMILES string of the molecule is OC[C@@H](O)[C@@H](O)[C@H](O)[C@H](O)/C=N/Nc1ccc2cc(Cl)ccc2n1. The van der Waals surface area contributed by atoms with Gasteiger partial charge < -0.3 is 25.5 Å². The second-order valence-corrected chi connectivity index (χ2v) is 5.58. The molecule has 0 saturated carbocycles. The summed E-state index contributed by atoms with van der Waals surface area (Å²) in [6, 6.07) is 8.67. The summed E-state index contributed by atoms with van der Waals surface area (Å²) in [7, 11) is 0. The van der Waals surface area contributed by atoms with Crippen molar-refractivity contribution in [2.45, 2.75) is 24.4 Å². The summed E-state index contributed by atoms with van der Waals surface area (Å²) in [4.78, 5) is 4.28. The highest BCUT2D eigenvalue weighted by atomic mass is 35.5. The number of rotatable bonds is 7. The van der Waals surface area contributed by atoms with Crippen LogP contribution >= 0.6 is 11.6 Å². The molecule has 1 aromatic heterocycles. The van der Waals surface area contributed by atoms with Gasteiger partial charge in [-0.15, -0.1) is 0 Å². The quantitative estimate of drug-likeness (QED) is 0.297. The van der Waals surface area contributed by atoms with E-state index in [2.05, 4.69) is 15.5 Å². The van der Waals surface area contributed by atoms with Gasteiger partial charge in [0.1, 0.15) is 30.2 Å². The second kappa shape index (κ2) is 8.34. The van der Waals surface area contributed by atoms with Crippen LogP contribution in [0.4, 0.5) is 5.82 Å². The van der Waals surface area contributed by atoms with Gasteiger partial charge in [0.2, 0.25) is 0 Å². The topological polar surface area (TPSA) is 138 Å². The first-order valence-electron chi connectivity index (χ1n) is 7.11. The number of fused-ring (bicyclic) bond motifs is 1. The highest BCUT2D eigenvalue weighted by Crippen LogP contribution is 2.19. The molecule has 2 aromatic rings. The lowest BCUT2D eigenvalue weighted by Crippen LogP contribution is -2.46. The molecular weight excluding hydrogens is 338 g/mol. The van der Waals surface area contributed by atoms with Crippen LogP contribution in [-0.4, -0.2) is 67.8 Å². The fraction of sp³-hybridized carbons (Fsp3) is 0.333. The Bertz CT molecular complexity index is 715. The van der Waals surface area contributed by atoms with E-state index in [1.165, 1.54) is 0 Å². The number of nitrogens with zero attached hydrogens (tertiary/aromatic N) is 2. The van der Waals surface area contributed by atoms with E-state index in [4.69, 9.17) is 16.7 Å². The van der Waals surface area contributed by atoms with Gasteiger partial charge in [-0.3, -0.25) is 5.43 Å². The number of aliphatic hydroxyl groups is 5. The van der Waals surface area contributed by atoms with Crippen LogP contribution < -0.4 is 5.43 Å². The molecule has 8 nitrogen and oxygen atoms in total. The van der Waals surface area contributed by atoms with Crippen molar-refractivity contribution in [3.05, 3.63) is 35.4 Å². The van der Waals surface area contributed by atoms with E-state index in [1.54, 1.807) is 30.3 Å². The van der Waals surface area contributed by atoms with Crippen LogP contribution in [0.2, 0.25) is 5.02 Å². The molecule has 0 aliphatic carbocycles. The zero-order valence-corrected chi connectivity index (χ0v) is 13.2. The monoisotopic (exact) mass is 355 g/mol. The van der Waals surface area contributed by atoms with Crippen LogP contribution in [-0.2, 0) is 0 Å². The van der Waals surface area contributed by atoms with Crippen LogP contribution in [0.1, 0.15) is 0 Å². The number of hydrogen-bond donors (Lipinski definition) is 6. The van der Waals surface area contributed by atoms with E-state index < -0.39 is 31.0 Å². The Morgan fingerprint density at radius 2 is 1.88 bits per heavy atom. The predicted octanol–water partition coefficient (Wildman–Crippen LogP) is -0.278. The number of hydrogen-bond acceptors (Lipinski definition) is 8. The molecule has 130 valence electrons. The van der Waals surface area contributed by atoms with Crippen molar-refractivity contribution in [1.29, 1.82) is 0 Å². The smallest absolute Gasteiger partial charge is 0.146 e. The highest BCUT2D eigenvalue weighted by molar-refractivity contribution is 6.31. The number of halogens is 1. The number of hydrazone groups is 1. The zero-order valence-electron chi connectivity index (χ0n) is 12.5. The van der Waals surface area contributed by atoms with Gasteiger partial charge in [0.15, 0.2) is 0 Å². The van der Waals surface area contributed by atoms with E-state index in [-0.39, 0.29) is 0 Å². The molecule has 2 rings (SSSR count). The predicted molar refractivity (Wildman–Crippen MR) is 90.0 cm³/mol. The van der Waals surface area contributed by atoms with Gasteiger partial charge in [-0.1, -0.05) is 11.6 Å². The van der Waals surface area contributed by atoms with Gasteiger partial charge in [-0.05, 0) is 30.3 Å². The number of pyridine rings is 1. The summed E-state index contributed by atoms with van der Waals surface area (Å²) in [6.45, 7) is -0.745. The van der Waals surface area contributed by atoms with Crippen LogP contribution in [0.3, 0.4) is 0 Å². The molecule has 6 N–H and O–H groups in total. The third-order valence-electron chi connectivity index (χ3n) is 3.34. The van der Waals surface area contributed by atoms with Gasteiger partial charge in [0, 0.05) is 10.4 Å². The average molecular weight is 356 g/mol. The summed E-state index contributed by atoms with van der Waals surface area (Å²) >= 11 is 5.89. The number of nitrogens with one attached hydrogen (secondary N) is 1. The number of benzene rings is 1. The first kappa shape index (κ1) is 18.5. The first-order valence-corrected chi connectivity index (χ1v) is 7.49. The summed E-state index contributed by atoms with van der Waals surface area (Å²) in [5, 5.41) is 51.9. The molecule has 0 radical (unpaired) electrons. The molecule has 0 spiro atoms. The van der Waals surface area contributed by atoms with Crippen molar-refractivity contribution < 1.29 is 25.5 Å². The number of anilines is 1. The van der Waals surface area contributed by atoms with Crippen molar-refractivity contribution >= 4 is 34.5 Å². The van der Waals surface area contributed by atoms with Crippen molar-refractivity contribution in [2.75, 3.05) is 12.0 Å². The van der Waals surface area contributed by atoms with E-state index >= 15 is 0 Å². The lowest BCUT2D eigenvalue weighted by atomic mass is 10.0. The highest BCUT2D eigenvalue weighted by Gasteiger charge is 2.29. The van der Waals surface area contributed by atoms with Crippen LogP contribution in [0.15, 0.2) is 35.4 Å². The van der Waals surface area contributed by atoms with E-state index in [9.17, 15) is 20.4 Å². The minimum Gasteiger partial charge on any atom is -0.394 e. The van der Waals surface area contributed by atoms with Gasteiger partial charge in [0.05, 0.1) is 18.3 Å². The summed E-state index contributed by atoms with van der Waals surface area (Å²) in [5.74, 6) is 0.402. The Morgan fingerprint density at radius 1 is 1.12 bits per heavy atom. The Hall–Kier alpha value is -1.81. The second-order valence-electron chi connectivity index (χ2n) is 5.15. The Balaban J connectivity index is 1.99. The van der Waals surface area contributed by atoms with Gasteiger partial charge in [0.25, 0.3) is 0 Å². The molecule has 4 atom stereocenters. The maximum absolute atomic E-state index is 9.69. The fourth-order valence-electron chi connectivity index (χ4n) is 1.96. The fourth-order valence-corrected chi connectivity index (χ4v) is 2.14. The molecule has 0 aliphatic rings. The molecule has 1 aromatic carbocycles. The maximum Gasteiger partial charge on any atom is 0.146 e. The minimum atomic E-state index is -1.71. The molecule has 0 unspecified atom stereocenters. The van der Waals surface area contributed by atoms with Gasteiger partial charge in [-0.25, -0.2) is 4.98 Å². The lowest BCUT2D eigenvalue weighted by Gasteiger charge is -2.23. The summed E-state index contributed by atoms with van der Waals surface area (Å²) in [5.41, 5.74) is 3.28. The number of aliphatic hydroxyl groups excluding tert-OH is 5. The van der Waals surface area contributed by atoms with Crippen LogP contribution in [0, 0.1) is 0 Å². The van der Waals surface area contributed by atoms with Gasteiger partial charge >= 0.3 is 0 Å². The van der Waals surface area contributed by atoms with Crippen LogP contribution in [0.5, 0.6) is 0 Å². The van der Waals surface area contributed by atoms with E-state index in [0.29, 0.717) is 16.4 Å². The third-order valence-corrected chi connectivity index (χ3v) is 3.57. The first-order chi connectivity index (χ1) is 11.4. The molecule has 9 heteroatoms. The van der Waals surface area contributed by atoms with E-state index in [1.807, 2.05) is 0 Å². The number of aromatic nitrogens is 1. The largest absolute Gasteiger partial charge is 0.394 e. The Morgan fingerprint density at radius 3 is 2.58 bits per heavy atom. The van der Waals surface area contributed by atoms with Crippen molar-refractivity contribution in [3.8, 4) is 0 Å². The molecule has 24 heavy (non-hydrogen) atoms.